The van der Waals surface area contributed by atoms with Crippen molar-refractivity contribution in [3.8, 4) is 0 Å². The fourth-order valence-electron chi connectivity index (χ4n) is 0. The predicted molar refractivity (Wildman–Crippen MR) is 21.2 cm³/mol. The van der Waals surface area contributed by atoms with Crippen LogP contribution in [0.5, 0.6) is 0 Å². The van der Waals surface area contributed by atoms with Crippen LogP contribution in [0.15, 0.2) is 0 Å². The third kappa shape index (κ3) is 4.26. The Morgan fingerprint density at radius 1 is 2.00 bits per heavy atom. The summed E-state index contributed by atoms with van der Waals surface area (Å²) in [5, 5.41) is 0. The number of carbonyl (C=O) groups is 1. The summed E-state index contributed by atoms with van der Waals surface area (Å²) < 4.78 is 0.494. The number of nitrogens with two attached hydrogens (primary N) is 1. The van der Waals surface area contributed by atoms with Crippen LogP contribution in [-0.2, 0) is 4.79 Å². The molecule has 0 aliphatic carbocycles. The third-order valence-electron chi connectivity index (χ3n) is 0.156. The van der Waals surface area contributed by atoms with Crippen molar-refractivity contribution in [2.75, 3.05) is 0 Å². The molecule has 0 aliphatic rings. The molecule has 2 nitrogen and oxygen atoms in total. The first-order valence-electron chi connectivity index (χ1n) is 1.16. The van der Waals surface area contributed by atoms with E-state index in [0.29, 0.717) is 4.47 Å². The van der Waals surface area contributed by atoms with Gasteiger partial charge in [-0.05, 0) is 0 Å². The minimum atomic E-state index is -0.223. The van der Waals surface area contributed by atoms with Crippen molar-refractivity contribution >= 4 is 28.2 Å². The monoisotopic (exact) mass is 189 g/mol. The van der Waals surface area contributed by atoms with E-state index in [-0.39, 0.29) is 5.91 Å². The fourth-order valence-corrected chi connectivity index (χ4v) is 0. The van der Waals surface area contributed by atoms with Crippen LogP contribution in [0.4, 0.5) is 0 Å². The number of primary amides is 1. The summed E-state index contributed by atoms with van der Waals surface area (Å²) in [4.78, 5) is 9.60. The van der Waals surface area contributed by atoms with Gasteiger partial charge in [-0.1, -0.05) is 0 Å². The van der Waals surface area contributed by atoms with E-state index in [9.17, 15) is 4.79 Å². The van der Waals surface area contributed by atoms with Gasteiger partial charge < -0.3 is 0 Å². The van der Waals surface area contributed by atoms with E-state index in [1.165, 1.54) is 22.3 Å². The number of hydrogen-bond donors (Lipinski definition) is 1. The molecule has 0 saturated carbocycles. The maximum atomic E-state index is 9.60. The molecule has 0 aromatic carbocycles. The van der Waals surface area contributed by atoms with Gasteiger partial charge >= 0.3 is 43.2 Å². The first-order valence-corrected chi connectivity index (χ1v) is 2.97. The van der Waals surface area contributed by atoms with Crippen LogP contribution in [0.25, 0.3) is 0 Å². The van der Waals surface area contributed by atoms with Crippen LogP contribution in [0, 0.1) is 0 Å². The molecule has 0 spiro atoms. The van der Waals surface area contributed by atoms with E-state index < -0.39 is 0 Å². The van der Waals surface area contributed by atoms with Gasteiger partial charge in [0.2, 0.25) is 0 Å². The zero-order valence-corrected chi connectivity index (χ0v) is 5.19. The topological polar surface area (TPSA) is 43.1 Å². The van der Waals surface area contributed by atoms with E-state index >= 15 is 0 Å². The Morgan fingerprint density at radius 2 is 2.20 bits per heavy atom. The van der Waals surface area contributed by atoms with Gasteiger partial charge in [0.05, 0.1) is 0 Å². The van der Waals surface area contributed by atoms with Gasteiger partial charge in [0.25, 0.3) is 0 Å². The number of amides is 1. The number of rotatable bonds is 1. The Morgan fingerprint density at radius 3 is 2.20 bits per heavy atom. The van der Waals surface area contributed by atoms with Crippen LogP contribution >= 0.6 is 0 Å². The fraction of sp³-hybridized carbons (Fsp3) is 0.500. The Labute approximate surface area is 43.6 Å². The molecule has 0 unspecified atom stereocenters. The summed E-state index contributed by atoms with van der Waals surface area (Å²) in [5.74, 6) is -0.223. The average Bonchev–Trinajstić information content (AvgIpc) is 1.38. The number of hydrogen-bond acceptors (Lipinski definition) is 1. The molecule has 0 aliphatic heterocycles. The van der Waals surface area contributed by atoms with Crippen LogP contribution in [0.3, 0.4) is 0 Å². The summed E-state index contributed by atoms with van der Waals surface area (Å²) in [6, 6.07) is 0. The van der Waals surface area contributed by atoms with E-state index in [0.717, 1.165) is 0 Å². The molecule has 30 valence electrons. The van der Waals surface area contributed by atoms with Crippen molar-refractivity contribution in [2.45, 2.75) is 4.47 Å². The standard InChI is InChI=1S/C2H5NOTe/c3-2(4)1-5/h5H,1H2,(H2,3,4). The van der Waals surface area contributed by atoms with Crippen LogP contribution < -0.4 is 5.73 Å². The minimum absolute atomic E-state index is 0.223. The zero-order chi connectivity index (χ0) is 4.28. The number of carbonyl (C=O) groups excluding carboxylic acids is 1. The second-order valence-corrected chi connectivity index (χ2v) is 1.53. The van der Waals surface area contributed by atoms with E-state index in [2.05, 4.69) is 5.73 Å². The molecule has 1 amide bonds. The average molecular weight is 187 g/mol. The quantitative estimate of drug-likeness (QED) is 0.514. The molecule has 0 fully saturated rings. The first kappa shape index (κ1) is 5.26. The first-order chi connectivity index (χ1) is 2.27. The molecule has 0 radical (unpaired) electrons. The van der Waals surface area contributed by atoms with E-state index in [4.69, 9.17) is 0 Å². The molecule has 5 heavy (non-hydrogen) atoms. The normalized spacial score (nSPS) is 7.40. The third-order valence-corrected chi connectivity index (χ3v) is 1.05. The van der Waals surface area contributed by atoms with Crippen molar-refractivity contribution in [3.63, 3.8) is 0 Å². The second kappa shape index (κ2) is 2.49. The summed E-state index contributed by atoms with van der Waals surface area (Å²) in [6.45, 7) is 0. The van der Waals surface area contributed by atoms with Gasteiger partial charge in [0.15, 0.2) is 0 Å². The summed E-state index contributed by atoms with van der Waals surface area (Å²) >= 11 is 1.43. The molecule has 0 aromatic heterocycles. The predicted octanol–water partition coefficient (Wildman–Crippen LogP) is -1.21. The molecular formula is C2H5NOTe. The molecule has 0 aromatic rings. The van der Waals surface area contributed by atoms with Gasteiger partial charge in [-0.15, -0.1) is 0 Å². The zero-order valence-electron chi connectivity index (χ0n) is 2.64. The van der Waals surface area contributed by atoms with Gasteiger partial charge in [-0.25, -0.2) is 0 Å². The Bertz CT molecular complexity index is 44.9. The van der Waals surface area contributed by atoms with Crippen LogP contribution in [-0.4, -0.2) is 28.2 Å². The van der Waals surface area contributed by atoms with E-state index in [1.807, 2.05) is 0 Å². The molecule has 0 atom stereocenters. The molecular weight excluding hydrogens is 182 g/mol. The van der Waals surface area contributed by atoms with Gasteiger partial charge in [-0.3, -0.25) is 0 Å². The van der Waals surface area contributed by atoms with Crippen molar-refractivity contribution in [1.29, 1.82) is 0 Å². The van der Waals surface area contributed by atoms with Gasteiger partial charge in [0, 0.05) is 0 Å². The molecule has 0 heterocycles. The molecule has 3 heteroatoms. The van der Waals surface area contributed by atoms with Gasteiger partial charge in [-0.2, -0.15) is 0 Å². The van der Waals surface area contributed by atoms with Crippen molar-refractivity contribution < 1.29 is 4.79 Å². The van der Waals surface area contributed by atoms with Crippen LogP contribution in [0.1, 0.15) is 0 Å². The van der Waals surface area contributed by atoms with E-state index in [1.54, 1.807) is 0 Å². The second-order valence-electron chi connectivity index (χ2n) is 0.624. The van der Waals surface area contributed by atoms with Crippen molar-refractivity contribution in [3.05, 3.63) is 0 Å². The summed E-state index contributed by atoms with van der Waals surface area (Å²) in [7, 11) is 0. The summed E-state index contributed by atoms with van der Waals surface area (Å²) in [6.07, 6.45) is 0. The van der Waals surface area contributed by atoms with Crippen LogP contribution in [0.2, 0.25) is 4.47 Å². The van der Waals surface area contributed by atoms with Crippen molar-refractivity contribution in [2.24, 2.45) is 5.73 Å². The van der Waals surface area contributed by atoms with Crippen molar-refractivity contribution in [1.82, 2.24) is 0 Å². The Hall–Kier alpha value is 0.260. The SMILES string of the molecule is NC(=O)C[TeH]. The summed E-state index contributed by atoms with van der Waals surface area (Å²) in [5.41, 5.74) is 4.67. The molecule has 2 N–H and O–H groups in total. The Balaban J connectivity index is 2.85. The molecule has 0 rings (SSSR count). The molecule has 0 saturated heterocycles. The Kier molecular flexibility index (Phi) is 2.62. The maximum absolute atomic E-state index is 9.60. The van der Waals surface area contributed by atoms with Gasteiger partial charge in [0.1, 0.15) is 0 Å². The molecule has 0 bridgehead atoms.